The number of nitrogens with zero attached hydrogens (tertiary/aromatic N) is 2. The van der Waals surface area contributed by atoms with Crippen molar-refractivity contribution in [2.24, 2.45) is 10.6 Å². The van der Waals surface area contributed by atoms with Gasteiger partial charge in [-0.15, -0.1) is 11.3 Å². The first-order valence-electron chi connectivity index (χ1n) is 6.38. The third kappa shape index (κ3) is 5.33. The summed E-state index contributed by atoms with van der Waals surface area (Å²) < 4.78 is 9.37. The van der Waals surface area contributed by atoms with Crippen molar-refractivity contribution in [1.82, 2.24) is 4.98 Å². The molecule has 23 heavy (non-hydrogen) atoms. The number of rotatable bonds is 6. The van der Waals surface area contributed by atoms with Gasteiger partial charge in [0.05, 0.1) is 12.5 Å². The van der Waals surface area contributed by atoms with Crippen LogP contribution in [0.15, 0.2) is 10.5 Å². The summed E-state index contributed by atoms with van der Waals surface area (Å²) >= 11 is 1.10. The van der Waals surface area contributed by atoms with Crippen LogP contribution in [-0.2, 0) is 28.7 Å². The molecule has 0 bridgehead atoms. The molecule has 0 aliphatic rings. The summed E-state index contributed by atoms with van der Waals surface area (Å²) in [5.41, 5.74) is 4.56. The zero-order chi connectivity index (χ0) is 17.6. The molecule has 1 unspecified atom stereocenters. The van der Waals surface area contributed by atoms with Crippen molar-refractivity contribution in [1.29, 1.82) is 0 Å². The van der Waals surface area contributed by atoms with Gasteiger partial charge in [0.1, 0.15) is 5.69 Å². The molecule has 10 heteroatoms. The van der Waals surface area contributed by atoms with Gasteiger partial charge >= 0.3 is 18.2 Å². The number of ether oxygens (including phenoxy) is 2. The van der Waals surface area contributed by atoms with Crippen molar-refractivity contribution >= 4 is 40.4 Å². The molecule has 1 atom stereocenters. The number of aromatic nitrogens is 1. The monoisotopic (exact) mass is 343 g/mol. The van der Waals surface area contributed by atoms with Crippen LogP contribution in [0.2, 0.25) is 0 Å². The Morgan fingerprint density at radius 2 is 2.09 bits per heavy atom. The minimum Gasteiger partial charge on any atom is -0.463 e. The second-order valence-electron chi connectivity index (χ2n) is 5.28. The van der Waals surface area contributed by atoms with Crippen LogP contribution in [-0.4, -0.2) is 42.3 Å². The van der Waals surface area contributed by atoms with E-state index in [1.165, 1.54) is 5.38 Å². The Morgan fingerprint density at radius 3 is 2.52 bits per heavy atom. The molecule has 0 amide bonds. The van der Waals surface area contributed by atoms with Crippen LogP contribution in [0.5, 0.6) is 0 Å². The summed E-state index contributed by atoms with van der Waals surface area (Å²) in [7, 11) is 1.09. The van der Waals surface area contributed by atoms with E-state index in [1.54, 1.807) is 20.8 Å². The first-order chi connectivity index (χ1) is 10.7. The highest BCUT2D eigenvalue weighted by Crippen LogP contribution is 2.17. The number of nitrogens with two attached hydrogens (primary N) is 1. The van der Waals surface area contributed by atoms with Crippen molar-refractivity contribution in [2.45, 2.75) is 27.1 Å². The smallest absolute Gasteiger partial charge is 0.391 e. The molecular weight excluding hydrogens is 326 g/mol. The highest BCUT2D eigenvalue weighted by molar-refractivity contribution is 7.13. The summed E-state index contributed by atoms with van der Waals surface area (Å²) in [6, 6.07) is 0. The lowest BCUT2D eigenvalue weighted by Crippen LogP contribution is -2.35. The molecule has 126 valence electrons. The second-order valence-corrected chi connectivity index (χ2v) is 6.17. The maximum atomic E-state index is 11.8. The SMILES string of the molecule is COC(=O)C(ON=C(C=O)c1csc(N)n1)OC(=O)C(C)(C)C. The van der Waals surface area contributed by atoms with Gasteiger partial charge in [-0.25, -0.2) is 9.78 Å². The Kier molecular flexibility index (Phi) is 6.19. The van der Waals surface area contributed by atoms with Crippen molar-refractivity contribution in [2.75, 3.05) is 12.8 Å². The van der Waals surface area contributed by atoms with E-state index in [0.717, 1.165) is 18.4 Å². The van der Waals surface area contributed by atoms with Gasteiger partial charge in [0, 0.05) is 5.38 Å². The number of carbonyl (C=O) groups is 3. The van der Waals surface area contributed by atoms with Gasteiger partial charge in [-0.2, -0.15) is 0 Å². The first kappa shape index (κ1) is 18.6. The molecule has 2 N–H and O–H groups in total. The number of thiazole rings is 1. The van der Waals surface area contributed by atoms with Gasteiger partial charge < -0.3 is 20.0 Å². The van der Waals surface area contributed by atoms with E-state index in [-0.39, 0.29) is 16.5 Å². The van der Waals surface area contributed by atoms with Crippen LogP contribution >= 0.6 is 11.3 Å². The topological polar surface area (TPSA) is 130 Å². The molecule has 9 nitrogen and oxygen atoms in total. The van der Waals surface area contributed by atoms with Gasteiger partial charge in [0.15, 0.2) is 17.1 Å². The summed E-state index contributed by atoms with van der Waals surface area (Å²) in [5.74, 6) is -1.68. The molecule has 0 radical (unpaired) electrons. The molecule has 0 spiro atoms. The summed E-state index contributed by atoms with van der Waals surface area (Å²) in [6.07, 6.45) is -1.37. The summed E-state index contributed by atoms with van der Waals surface area (Å²) in [5, 5.41) is 5.21. The molecule has 0 aromatic carbocycles. The minimum atomic E-state index is -1.74. The molecule has 1 rings (SSSR count). The van der Waals surface area contributed by atoms with Crippen molar-refractivity contribution in [3.05, 3.63) is 11.1 Å². The Bertz CT molecular complexity index is 619. The molecule has 0 aliphatic carbocycles. The number of nitrogen functional groups attached to an aromatic ring is 1. The number of aldehydes is 1. The Hall–Kier alpha value is -2.49. The first-order valence-corrected chi connectivity index (χ1v) is 7.26. The summed E-state index contributed by atoms with van der Waals surface area (Å²) in [6.45, 7) is 4.80. The largest absolute Gasteiger partial charge is 0.463 e. The Balaban J connectivity index is 2.92. The van der Waals surface area contributed by atoms with Crippen molar-refractivity contribution in [3.8, 4) is 0 Å². The zero-order valence-corrected chi connectivity index (χ0v) is 13.9. The van der Waals surface area contributed by atoms with Crippen LogP contribution in [0.25, 0.3) is 0 Å². The second kappa shape index (κ2) is 7.68. The number of anilines is 1. The average Bonchev–Trinajstić information content (AvgIpc) is 2.91. The fourth-order valence-electron chi connectivity index (χ4n) is 1.12. The van der Waals surface area contributed by atoms with Gasteiger partial charge in [-0.1, -0.05) is 5.16 Å². The maximum absolute atomic E-state index is 11.8. The molecule has 1 heterocycles. The van der Waals surface area contributed by atoms with E-state index >= 15 is 0 Å². The van der Waals surface area contributed by atoms with Crippen molar-refractivity contribution < 1.29 is 28.7 Å². The predicted molar refractivity (Wildman–Crippen MR) is 81.6 cm³/mol. The molecule has 0 saturated carbocycles. The lowest BCUT2D eigenvalue weighted by molar-refractivity contribution is -0.204. The van der Waals surface area contributed by atoms with E-state index in [0.29, 0.717) is 6.29 Å². The van der Waals surface area contributed by atoms with E-state index in [2.05, 4.69) is 14.9 Å². The van der Waals surface area contributed by atoms with Gasteiger partial charge in [0.2, 0.25) is 0 Å². The van der Waals surface area contributed by atoms with Crippen LogP contribution < -0.4 is 5.73 Å². The van der Waals surface area contributed by atoms with E-state index in [9.17, 15) is 14.4 Å². The van der Waals surface area contributed by atoms with Gasteiger partial charge in [-0.05, 0) is 20.8 Å². The Morgan fingerprint density at radius 1 is 1.43 bits per heavy atom. The van der Waals surface area contributed by atoms with Crippen LogP contribution in [0, 0.1) is 5.41 Å². The van der Waals surface area contributed by atoms with E-state index in [1.807, 2.05) is 0 Å². The number of esters is 2. The molecule has 0 saturated heterocycles. The molecular formula is C13H17N3O6S. The fraction of sp³-hybridized carbons (Fsp3) is 0.462. The molecule has 1 aromatic rings. The van der Waals surface area contributed by atoms with Crippen LogP contribution in [0.1, 0.15) is 26.5 Å². The van der Waals surface area contributed by atoms with E-state index in [4.69, 9.17) is 15.3 Å². The number of hydrogen-bond donors (Lipinski definition) is 1. The molecule has 0 fully saturated rings. The number of methoxy groups -OCH3 is 1. The van der Waals surface area contributed by atoms with Crippen LogP contribution in [0.4, 0.5) is 5.13 Å². The van der Waals surface area contributed by atoms with Gasteiger partial charge in [-0.3, -0.25) is 9.59 Å². The standard InChI is InChI=1S/C13H17N3O6S/c1-13(2,3)11(19)21-10(9(18)20-4)22-16-7(5-17)8-6-23-12(14)15-8/h5-6,10H,1-4H3,(H2,14,15). The minimum absolute atomic E-state index is 0.174. The fourth-order valence-corrected chi connectivity index (χ4v) is 1.68. The van der Waals surface area contributed by atoms with Crippen LogP contribution in [0.3, 0.4) is 0 Å². The van der Waals surface area contributed by atoms with E-state index < -0.39 is 23.6 Å². The third-order valence-corrected chi connectivity index (χ3v) is 3.04. The molecule has 1 aromatic heterocycles. The number of hydrogen-bond acceptors (Lipinski definition) is 10. The highest BCUT2D eigenvalue weighted by atomic mass is 32.1. The third-order valence-electron chi connectivity index (χ3n) is 2.36. The predicted octanol–water partition coefficient (Wildman–Crippen LogP) is 0.733. The zero-order valence-electron chi connectivity index (χ0n) is 13.1. The highest BCUT2D eigenvalue weighted by Gasteiger charge is 2.32. The lowest BCUT2D eigenvalue weighted by atomic mass is 9.97. The quantitative estimate of drug-likeness (QED) is 0.263. The van der Waals surface area contributed by atoms with Crippen molar-refractivity contribution in [3.63, 3.8) is 0 Å². The summed E-state index contributed by atoms with van der Waals surface area (Å²) in [4.78, 5) is 43.2. The molecule has 0 aliphatic heterocycles. The number of carbonyl (C=O) groups excluding carboxylic acids is 3. The van der Waals surface area contributed by atoms with Gasteiger partial charge in [0.25, 0.3) is 0 Å². The maximum Gasteiger partial charge on any atom is 0.391 e. The Labute approximate surface area is 136 Å². The lowest BCUT2D eigenvalue weighted by Gasteiger charge is -2.20. The normalized spacial score (nSPS) is 13.1. The average molecular weight is 343 g/mol. The number of oxime groups is 1.